The van der Waals surface area contributed by atoms with Gasteiger partial charge in [0.15, 0.2) is 0 Å². The van der Waals surface area contributed by atoms with Crippen molar-refractivity contribution >= 4 is 6.09 Å². The first-order valence-corrected chi connectivity index (χ1v) is 4.64. The van der Waals surface area contributed by atoms with E-state index in [1.807, 2.05) is 13.8 Å². The minimum absolute atomic E-state index is 0.355. The molecule has 0 aliphatic heterocycles. The Morgan fingerprint density at radius 2 is 1.69 bits per heavy atom. The number of carbonyl (C=O) groups excluding carboxylic acids is 1. The number of carbonyl (C=O) groups is 1. The van der Waals surface area contributed by atoms with E-state index >= 15 is 0 Å². The van der Waals surface area contributed by atoms with Gasteiger partial charge in [0.2, 0.25) is 0 Å². The van der Waals surface area contributed by atoms with Crippen LogP contribution in [0, 0.1) is 11.8 Å². The number of hydrogen-bond donors (Lipinski definition) is 2. The molecule has 0 aliphatic carbocycles. The van der Waals surface area contributed by atoms with Crippen LogP contribution in [0.1, 0.15) is 27.7 Å². The SMILES string of the molecule is CC(C)CNC(=O)[O-].CC(C)C[NH3+]. The van der Waals surface area contributed by atoms with Crippen molar-refractivity contribution in [1.29, 1.82) is 0 Å². The highest BCUT2D eigenvalue weighted by molar-refractivity contribution is 5.61. The van der Waals surface area contributed by atoms with Gasteiger partial charge in [-0.3, -0.25) is 0 Å². The zero-order chi connectivity index (χ0) is 10.9. The molecule has 4 heteroatoms. The second-order valence-electron chi connectivity index (χ2n) is 3.74. The zero-order valence-electron chi connectivity index (χ0n) is 9.09. The fourth-order valence-corrected chi connectivity index (χ4v) is 0.287. The summed E-state index contributed by atoms with van der Waals surface area (Å²) in [5, 5.41) is 11.8. The van der Waals surface area contributed by atoms with Gasteiger partial charge < -0.3 is 21.0 Å². The molecule has 1 amide bonds. The van der Waals surface area contributed by atoms with Crippen molar-refractivity contribution in [3.05, 3.63) is 0 Å². The summed E-state index contributed by atoms with van der Waals surface area (Å²) >= 11 is 0. The fraction of sp³-hybridized carbons (Fsp3) is 0.889. The minimum atomic E-state index is -1.20. The topological polar surface area (TPSA) is 79.8 Å². The van der Waals surface area contributed by atoms with E-state index in [0.29, 0.717) is 12.5 Å². The Morgan fingerprint density at radius 3 is 1.77 bits per heavy atom. The van der Waals surface area contributed by atoms with Crippen LogP contribution in [-0.4, -0.2) is 19.2 Å². The Labute approximate surface area is 80.5 Å². The highest BCUT2D eigenvalue weighted by atomic mass is 16.4. The zero-order valence-corrected chi connectivity index (χ0v) is 9.09. The Hall–Kier alpha value is -0.770. The van der Waals surface area contributed by atoms with Crippen molar-refractivity contribution in [2.24, 2.45) is 11.8 Å². The van der Waals surface area contributed by atoms with Gasteiger partial charge >= 0.3 is 0 Å². The number of carboxylic acid groups (broad SMARTS) is 1. The molecule has 0 rings (SSSR count). The quantitative estimate of drug-likeness (QED) is 0.627. The third-order valence-electron chi connectivity index (χ3n) is 1.23. The molecule has 0 spiro atoms. The molecule has 4 N–H and O–H groups in total. The van der Waals surface area contributed by atoms with Crippen molar-refractivity contribution in [1.82, 2.24) is 5.32 Å². The standard InChI is InChI=1S/C5H11NO2.C4H11N/c1-4(2)3-6-5(7)8;1-4(2)3-5/h4,6H,3H2,1-2H3,(H,7,8);4H,3,5H2,1-2H3. The average Bonchev–Trinajstić information content (AvgIpc) is 2.02. The molecular formula is C9H22N2O2. The maximum absolute atomic E-state index is 9.68. The van der Waals surface area contributed by atoms with Crippen LogP contribution in [0.3, 0.4) is 0 Å². The van der Waals surface area contributed by atoms with E-state index in [1.54, 1.807) is 0 Å². The summed E-state index contributed by atoms with van der Waals surface area (Å²) in [6.45, 7) is 9.70. The lowest BCUT2D eigenvalue weighted by molar-refractivity contribution is -0.376. The van der Waals surface area contributed by atoms with Gasteiger partial charge in [-0.25, -0.2) is 0 Å². The van der Waals surface area contributed by atoms with Crippen molar-refractivity contribution in [3.8, 4) is 0 Å². The van der Waals surface area contributed by atoms with E-state index in [2.05, 4.69) is 24.9 Å². The summed E-state index contributed by atoms with van der Waals surface area (Å²) in [6.07, 6.45) is -1.20. The number of quaternary nitrogens is 1. The largest absolute Gasteiger partial charge is 0.530 e. The highest BCUT2D eigenvalue weighted by Crippen LogP contribution is 1.85. The molecule has 0 radical (unpaired) electrons. The minimum Gasteiger partial charge on any atom is -0.530 e. The van der Waals surface area contributed by atoms with E-state index in [4.69, 9.17) is 0 Å². The smallest absolute Gasteiger partial charge is 0.134 e. The monoisotopic (exact) mass is 190 g/mol. The van der Waals surface area contributed by atoms with E-state index in [-0.39, 0.29) is 0 Å². The molecule has 80 valence electrons. The molecule has 0 unspecified atom stereocenters. The van der Waals surface area contributed by atoms with E-state index in [9.17, 15) is 9.90 Å². The van der Waals surface area contributed by atoms with Crippen molar-refractivity contribution in [3.63, 3.8) is 0 Å². The average molecular weight is 190 g/mol. The van der Waals surface area contributed by atoms with E-state index in [1.165, 1.54) is 0 Å². The van der Waals surface area contributed by atoms with E-state index < -0.39 is 6.09 Å². The summed E-state index contributed by atoms with van der Waals surface area (Å²) in [5.41, 5.74) is 3.69. The van der Waals surface area contributed by atoms with E-state index in [0.717, 1.165) is 12.5 Å². The second kappa shape index (κ2) is 9.32. The fourth-order valence-electron chi connectivity index (χ4n) is 0.287. The Morgan fingerprint density at radius 1 is 1.31 bits per heavy atom. The molecule has 13 heavy (non-hydrogen) atoms. The maximum Gasteiger partial charge on any atom is 0.134 e. The van der Waals surface area contributed by atoms with Crippen LogP contribution in [0.25, 0.3) is 0 Å². The van der Waals surface area contributed by atoms with Gasteiger partial charge in [0.25, 0.3) is 0 Å². The van der Waals surface area contributed by atoms with Gasteiger partial charge in [-0.15, -0.1) is 0 Å². The van der Waals surface area contributed by atoms with Gasteiger partial charge in [0.1, 0.15) is 6.09 Å². The van der Waals surface area contributed by atoms with Gasteiger partial charge in [-0.2, -0.15) is 0 Å². The number of nitrogens with one attached hydrogen (secondary N) is 1. The summed E-state index contributed by atoms with van der Waals surface area (Å²) < 4.78 is 0. The summed E-state index contributed by atoms with van der Waals surface area (Å²) in [6, 6.07) is 0. The Kier molecular flexibility index (Phi) is 10.6. The number of amides is 1. The summed E-state index contributed by atoms with van der Waals surface area (Å²) in [7, 11) is 0. The first-order valence-electron chi connectivity index (χ1n) is 4.64. The number of hydrogen-bond acceptors (Lipinski definition) is 2. The van der Waals surface area contributed by atoms with Crippen molar-refractivity contribution in [2.75, 3.05) is 13.1 Å². The molecule has 0 aromatic heterocycles. The van der Waals surface area contributed by atoms with Gasteiger partial charge in [-0.1, -0.05) is 27.7 Å². The van der Waals surface area contributed by atoms with Crippen LogP contribution in [0.5, 0.6) is 0 Å². The highest BCUT2D eigenvalue weighted by Gasteiger charge is 1.89. The van der Waals surface area contributed by atoms with Crippen LogP contribution in [0.2, 0.25) is 0 Å². The van der Waals surface area contributed by atoms with Crippen LogP contribution < -0.4 is 16.2 Å². The molecule has 0 bridgehead atoms. The molecule has 0 aromatic rings. The second-order valence-corrected chi connectivity index (χ2v) is 3.74. The molecule has 0 aliphatic rings. The van der Waals surface area contributed by atoms with Gasteiger partial charge in [-0.05, 0) is 5.92 Å². The first kappa shape index (κ1) is 14.7. The molecule has 0 saturated carbocycles. The predicted octanol–water partition coefficient (Wildman–Crippen LogP) is -0.540. The van der Waals surface area contributed by atoms with Crippen LogP contribution in [0.4, 0.5) is 4.79 Å². The summed E-state index contributed by atoms with van der Waals surface area (Å²) in [5.74, 6) is 1.13. The van der Waals surface area contributed by atoms with Gasteiger partial charge in [0, 0.05) is 12.5 Å². The third-order valence-corrected chi connectivity index (χ3v) is 1.23. The first-order chi connectivity index (χ1) is 5.90. The lowest BCUT2D eigenvalue weighted by Crippen LogP contribution is -2.52. The van der Waals surface area contributed by atoms with Crippen LogP contribution in [-0.2, 0) is 0 Å². The molecule has 4 nitrogen and oxygen atoms in total. The lowest BCUT2D eigenvalue weighted by Gasteiger charge is -2.07. The van der Waals surface area contributed by atoms with Gasteiger partial charge in [0.05, 0.1) is 6.54 Å². The third kappa shape index (κ3) is 24.6. The normalized spacial score (nSPS) is 9.46. The number of rotatable bonds is 3. The molecule has 0 atom stereocenters. The van der Waals surface area contributed by atoms with Crippen molar-refractivity contribution < 1.29 is 15.6 Å². The maximum atomic E-state index is 9.68. The Bertz CT molecular complexity index is 125. The lowest BCUT2D eigenvalue weighted by atomic mass is 10.2. The molecule has 0 fully saturated rings. The molecular weight excluding hydrogens is 168 g/mol. The molecule has 0 heterocycles. The Balaban J connectivity index is 0. The van der Waals surface area contributed by atoms with Crippen LogP contribution >= 0.6 is 0 Å². The predicted molar refractivity (Wildman–Crippen MR) is 50.8 cm³/mol. The van der Waals surface area contributed by atoms with Crippen LogP contribution in [0.15, 0.2) is 0 Å². The summed E-state index contributed by atoms with van der Waals surface area (Å²) in [4.78, 5) is 9.68. The van der Waals surface area contributed by atoms with Crippen molar-refractivity contribution in [2.45, 2.75) is 27.7 Å². The molecule has 0 saturated heterocycles. The molecule has 0 aromatic carbocycles.